The molecule has 2 rings (SSSR count). The van der Waals surface area contributed by atoms with E-state index in [9.17, 15) is 8.42 Å². The van der Waals surface area contributed by atoms with Gasteiger partial charge in [0.05, 0.1) is 11.4 Å². The van der Waals surface area contributed by atoms with Gasteiger partial charge >= 0.3 is 0 Å². The summed E-state index contributed by atoms with van der Waals surface area (Å²) in [7, 11) is -3.48. The van der Waals surface area contributed by atoms with E-state index in [-0.39, 0.29) is 10.9 Å². The van der Waals surface area contributed by atoms with E-state index in [1.807, 2.05) is 0 Å². The molecule has 18 heavy (non-hydrogen) atoms. The van der Waals surface area contributed by atoms with E-state index < -0.39 is 10.0 Å². The largest absolute Gasteiger partial charge is 0.316 e. The summed E-state index contributed by atoms with van der Waals surface area (Å²) in [4.78, 5) is 0.285. The van der Waals surface area contributed by atoms with Crippen LogP contribution in [0, 0.1) is 19.8 Å². The quantitative estimate of drug-likeness (QED) is 0.739. The summed E-state index contributed by atoms with van der Waals surface area (Å²) in [6.45, 7) is 7.16. The third kappa shape index (κ3) is 2.57. The lowest BCUT2D eigenvalue weighted by Crippen LogP contribution is -2.48. The first kappa shape index (κ1) is 13.5. The zero-order valence-electron chi connectivity index (χ0n) is 10.9. The number of piperidine rings is 1. The van der Waals surface area contributed by atoms with Gasteiger partial charge < -0.3 is 5.32 Å². The Morgan fingerprint density at radius 1 is 1.39 bits per heavy atom. The summed E-state index contributed by atoms with van der Waals surface area (Å²) in [5, 5.41) is 9.90. The minimum atomic E-state index is -3.48. The Labute approximate surface area is 108 Å². The normalized spacial score (nSPS) is 25.3. The van der Waals surface area contributed by atoms with Crippen LogP contribution in [0.3, 0.4) is 0 Å². The number of aromatic amines is 1. The molecule has 2 heterocycles. The Kier molecular flexibility index (Phi) is 3.74. The maximum atomic E-state index is 12.4. The predicted molar refractivity (Wildman–Crippen MR) is 68.8 cm³/mol. The van der Waals surface area contributed by atoms with E-state index >= 15 is 0 Å². The number of nitrogens with zero attached hydrogens (tertiary/aromatic N) is 1. The van der Waals surface area contributed by atoms with Crippen LogP contribution in [0.1, 0.15) is 24.7 Å². The van der Waals surface area contributed by atoms with Gasteiger partial charge in [0.25, 0.3) is 0 Å². The molecule has 7 heteroatoms. The van der Waals surface area contributed by atoms with E-state index in [1.54, 1.807) is 13.8 Å². The topological polar surface area (TPSA) is 86.9 Å². The Morgan fingerprint density at radius 3 is 2.67 bits per heavy atom. The van der Waals surface area contributed by atoms with Crippen molar-refractivity contribution >= 4 is 10.0 Å². The summed E-state index contributed by atoms with van der Waals surface area (Å²) >= 11 is 0. The Hall–Kier alpha value is -0.920. The first-order valence-corrected chi connectivity index (χ1v) is 7.64. The summed E-state index contributed by atoms with van der Waals surface area (Å²) in [6.07, 6.45) is 0.816. The average Bonchev–Trinajstić information content (AvgIpc) is 2.62. The molecular weight excluding hydrogens is 252 g/mol. The molecular formula is C11H20N4O2S. The summed E-state index contributed by atoms with van der Waals surface area (Å²) in [5.41, 5.74) is 1.10. The van der Waals surface area contributed by atoms with Crippen LogP contribution < -0.4 is 10.0 Å². The number of aryl methyl sites for hydroxylation is 2. The van der Waals surface area contributed by atoms with E-state index in [1.165, 1.54) is 0 Å². The van der Waals surface area contributed by atoms with Crippen molar-refractivity contribution in [2.75, 3.05) is 13.1 Å². The molecule has 1 aliphatic heterocycles. The molecule has 0 aromatic carbocycles. The molecule has 2 atom stereocenters. The number of rotatable bonds is 3. The van der Waals surface area contributed by atoms with Gasteiger partial charge in [-0.05, 0) is 39.3 Å². The molecule has 102 valence electrons. The van der Waals surface area contributed by atoms with Gasteiger partial charge in [-0.15, -0.1) is 0 Å². The fourth-order valence-corrected chi connectivity index (χ4v) is 4.13. The lowest BCUT2D eigenvalue weighted by Gasteiger charge is -2.29. The molecule has 1 aliphatic rings. The Bertz CT molecular complexity index is 504. The van der Waals surface area contributed by atoms with Crippen molar-refractivity contribution in [3.63, 3.8) is 0 Å². The van der Waals surface area contributed by atoms with Gasteiger partial charge in [-0.1, -0.05) is 6.92 Å². The van der Waals surface area contributed by atoms with Gasteiger partial charge in [-0.2, -0.15) is 5.10 Å². The standard InChI is InChI=1S/C11H20N4O2S/c1-7-6-12-5-4-10(7)15-18(16,17)11-8(2)13-14-9(11)3/h7,10,12,15H,4-6H2,1-3H3,(H,13,14)/t7-,10+/m1/s1. The van der Waals surface area contributed by atoms with E-state index in [4.69, 9.17) is 0 Å². The van der Waals surface area contributed by atoms with Crippen molar-refractivity contribution < 1.29 is 8.42 Å². The van der Waals surface area contributed by atoms with Gasteiger partial charge in [0.1, 0.15) is 4.90 Å². The van der Waals surface area contributed by atoms with Crippen LogP contribution in [0.2, 0.25) is 0 Å². The molecule has 0 bridgehead atoms. The maximum Gasteiger partial charge on any atom is 0.244 e. The highest BCUT2D eigenvalue weighted by atomic mass is 32.2. The smallest absolute Gasteiger partial charge is 0.244 e. The Balaban J connectivity index is 2.22. The monoisotopic (exact) mass is 272 g/mol. The second-order valence-electron chi connectivity index (χ2n) is 4.96. The van der Waals surface area contributed by atoms with Gasteiger partial charge in [-0.25, -0.2) is 13.1 Å². The van der Waals surface area contributed by atoms with Crippen molar-refractivity contribution in [1.82, 2.24) is 20.2 Å². The molecule has 1 aromatic rings. The number of H-pyrrole nitrogens is 1. The predicted octanol–water partition coefficient (Wildman–Crippen LogP) is 0.303. The van der Waals surface area contributed by atoms with Gasteiger partial charge in [0.2, 0.25) is 10.0 Å². The molecule has 6 nitrogen and oxygen atoms in total. The van der Waals surface area contributed by atoms with Gasteiger partial charge in [0.15, 0.2) is 0 Å². The summed E-state index contributed by atoms with van der Waals surface area (Å²) in [6, 6.07) is -0.00931. The number of aromatic nitrogens is 2. The third-order valence-electron chi connectivity index (χ3n) is 3.42. The third-order valence-corrected chi connectivity index (χ3v) is 5.17. The number of sulfonamides is 1. The second kappa shape index (κ2) is 4.99. The van der Waals surface area contributed by atoms with Crippen LogP contribution in [0.4, 0.5) is 0 Å². The molecule has 1 fully saturated rings. The molecule has 0 aliphatic carbocycles. The highest BCUT2D eigenvalue weighted by molar-refractivity contribution is 7.89. The van der Waals surface area contributed by atoms with E-state index in [0.29, 0.717) is 17.3 Å². The van der Waals surface area contributed by atoms with Crippen LogP contribution in [0.5, 0.6) is 0 Å². The van der Waals surface area contributed by atoms with E-state index in [2.05, 4.69) is 27.2 Å². The summed E-state index contributed by atoms with van der Waals surface area (Å²) in [5.74, 6) is 0.293. The van der Waals surface area contributed by atoms with Crippen molar-refractivity contribution in [2.45, 2.75) is 38.1 Å². The van der Waals surface area contributed by atoms with Crippen LogP contribution in [0.25, 0.3) is 0 Å². The highest BCUT2D eigenvalue weighted by Crippen LogP contribution is 2.19. The minimum Gasteiger partial charge on any atom is -0.316 e. The second-order valence-corrected chi connectivity index (χ2v) is 6.61. The number of hydrogen-bond donors (Lipinski definition) is 3. The zero-order chi connectivity index (χ0) is 13.3. The molecule has 1 aromatic heterocycles. The average molecular weight is 272 g/mol. The van der Waals surface area contributed by atoms with Crippen LogP contribution in [0.15, 0.2) is 4.90 Å². The first-order valence-electron chi connectivity index (χ1n) is 6.16. The van der Waals surface area contributed by atoms with Crippen LogP contribution in [-0.2, 0) is 10.0 Å². The fraction of sp³-hybridized carbons (Fsp3) is 0.727. The Morgan fingerprint density at radius 2 is 2.11 bits per heavy atom. The summed E-state index contributed by atoms with van der Waals surface area (Å²) < 4.78 is 27.5. The zero-order valence-corrected chi connectivity index (χ0v) is 11.8. The molecule has 1 saturated heterocycles. The van der Waals surface area contributed by atoms with Crippen molar-refractivity contribution in [1.29, 1.82) is 0 Å². The maximum absolute atomic E-state index is 12.4. The minimum absolute atomic E-state index is 0.00931. The molecule has 3 N–H and O–H groups in total. The molecule has 0 radical (unpaired) electrons. The lowest BCUT2D eigenvalue weighted by molar-refractivity contribution is 0.328. The lowest BCUT2D eigenvalue weighted by atomic mass is 9.97. The fourth-order valence-electron chi connectivity index (χ4n) is 2.38. The molecule has 0 saturated carbocycles. The van der Waals surface area contributed by atoms with Crippen molar-refractivity contribution in [3.8, 4) is 0 Å². The van der Waals surface area contributed by atoms with Crippen molar-refractivity contribution in [3.05, 3.63) is 11.4 Å². The van der Waals surface area contributed by atoms with Gasteiger partial charge in [-0.3, -0.25) is 5.10 Å². The first-order chi connectivity index (χ1) is 8.42. The molecule has 0 unspecified atom stereocenters. The molecule has 0 spiro atoms. The van der Waals surface area contributed by atoms with Crippen LogP contribution in [-0.4, -0.2) is 37.7 Å². The molecule has 0 amide bonds. The van der Waals surface area contributed by atoms with E-state index in [0.717, 1.165) is 19.5 Å². The van der Waals surface area contributed by atoms with Crippen molar-refractivity contribution in [2.24, 2.45) is 5.92 Å². The number of nitrogens with one attached hydrogen (secondary N) is 3. The highest BCUT2D eigenvalue weighted by Gasteiger charge is 2.29. The number of hydrogen-bond acceptors (Lipinski definition) is 4. The SMILES string of the molecule is Cc1n[nH]c(C)c1S(=O)(=O)N[C@H]1CCNC[C@H]1C. The van der Waals surface area contributed by atoms with Gasteiger partial charge in [0, 0.05) is 6.04 Å². The van der Waals surface area contributed by atoms with Crippen LogP contribution >= 0.6 is 0 Å².